The number of nitrogens with zero attached hydrogens (tertiary/aromatic N) is 5. The van der Waals surface area contributed by atoms with Crippen molar-refractivity contribution in [1.29, 1.82) is 0 Å². The summed E-state index contributed by atoms with van der Waals surface area (Å²) < 4.78 is 22.7. The highest BCUT2D eigenvalue weighted by atomic mass is 32.2. The second-order valence-corrected chi connectivity index (χ2v) is 12.2. The minimum absolute atomic E-state index is 0.355. The number of pyridine rings is 1. The molecule has 1 atom stereocenters. The van der Waals surface area contributed by atoms with E-state index in [-0.39, 0.29) is 0 Å². The number of aromatic amines is 1. The third-order valence-corrected chi connectivity index (χ3v) is 10.4. The highest BCUT2D eigenvalue weighted by Gasteiger charge is 2.53. The van der Waals surface area contributed by atoms with Gasteiger partial charge in [-0.15, -0.1) is 0 Å². The first kappa shape index (κ1) is 20.1. The first-order valence-corrected chi connectivity index (χ1v) is 13.1. The molecule has 3 fully saturated rings. The number of fused-ring (bicyclic) bond motifs is 1. The van der Waals surface area contributed by atoms with E-state index in [2.05, 4.69) is 25.3 Å². The molecule has 8 nitrogen and oxygen atoms in total. The highest BCUT2D eigenvalue weighted by Crippen LogP contribution is 2.53. The summed E-state index contributed by atoms with van der Waals surface area (Å²) in [6.45, 7) is 3.65. The Balaban J connectivity index is 1.47. The summed E-state index contributed by atoms with van der Waals surface area (Å²) in [5.74, 6) is 1.58. The second kappa shape index (κ2) is 6.99. The third kappa shape index (κ3) is 2.97. The molecule has 3 aromatic heterocycles. The summed E-state index contributed by atoms with van der Waals surface area (Å²) in [4.78, 5) is 19.9. The van der Waals surface area contributed by atoms with Gasteiger partial charge in [-0.3, -0.25) is 0 Å². The number of ether oxygens (including phenoxy) is 1. The largest absolute Gasteiger partial charge is 0.380 e. The number of hydrogen-bond acceptors (Lipinski definition) is 7. The Bertz CT molecular complexity index is 1310. The van der Waals surface area contributed by atoms with Gasteiger partial charge in [0.1, 0.15) is 11.5 Å². The molecule has 9 heteroatoms. The first-order valence-electron chi connectivity index (χ1n) is 11.2. The van der Waals surface area contributed by atoms with Crippen molar-refractivity contribution < 1.29 is 8.95 Å². The van der Waals surface area contributed by atoms with Gasteiger partial charge in [0.15, 0.2) is 5.82 Å². The fourth-order valence-electron chi connectivity index (χ4n) is 5.11. The van der Waals surface area contributed by atoms with Gasteiger partial charge in [-0.1, -0.05) is 0 Å². The topological polar surface area (TPSA) is 96.4 Å². The van der Waals surface area contributed by atoms with Gasteiger partial charge in [-0.05, 0) is 37.8 Å². The van der Waals surface area contributed by atoms with Crippen molar-refractivity contribution in [2.24, 2.45) is 9.78 Å². The Morgan fingerprint density at radius 1 is 1.16 bits per heavy atom. The molecule has 6 rings (SSSR count). The fraction of sp³-hybridized carbons (Fsp3) is 0.522. The highest BCUT2D eigenvalue weighted by molar-refractivity contribution is 7.94. The van der Waals surface area contributed by atoms with Crippen molar-refractivity contribution in [2.45, 2.75) is 30.4 Å². The maximum absolute atomic E-state index is 13.4. The molecule has 0 bridgehead atoms. The Kier molecular flexibility index (Phi) is 4.39. The number of H-pyrrole nitrogens is 1. The summed E-state index contributed by atoms with van der Waals surface area (Å²) in [6, 6.07) is 6.03. The molecule has 168 valence electrons. The average Bonchev–Trinajstić information content (AvgIpc) is 3.49. The molecule has 1 unspecified atom stereocenters. The lowest BCUT2D eigenvalue weighted by atomic mass is 9.77. The lowest BCUT2D eigenvalue weighted by Crippen LogP contribution is -2.51. The van der Waals surface area contributed by atoms with Crippen LogP contribution in [0, 0.1) is 5.41 Å². The van der Waals surface area contributed by atoms with Crippen LogP contribution >= 0.6 is 0 Å². The van der Waals surface area contributed by atoms with Gasteiger partial charge in [0.2, 0.25) is 0 Å². The number of aromatic nitrogens is 4. The van der Waals surface area contributed by atoms with Crippen molar-refractivity contribution in [2.75, 3.05) is 44.5 Å². The summed E-state index contributed by atoms with van der Waals surface area (Å²) in [6.07, 6.45) is 9.32. The van der Waals surface area contributed by atoms with Crippen LogP contribution < -0.4 is 4.90 Å². The SMILES string of the molecule is CN=S(C)(=O)C1(c2cc(N3CCC4(CC3)COC4)nc(-c3ccnc4[nH]ccc34)n2)CC1. The summed E-state index contributed by atoms with van der Waals surface area (Å²) in [5.41, 5.74) is 2.95. The van der Waals surface area contributed by atoms with Gasteiger partial charge < -0.3 is 14.6 Å². The molecule has 3 aromatic rings. The van der Waals surface area contributed by atoms with E-state index >= 15 is 0 Å². The summed E-state index contributed by atoms with van der Waals surface area (Å²) in [7, 11) is -0.745. The predicted octanol–water partition coefficient (Wildman–Crippen LogP) is 3.35. The Hall–Kier alpha value is -2.52. The molecule has 0 radical (unpaired) electrons. The van der Waals surface area contributed by atoms with Gasteiger partial charge in [0, 0.05) is 61.2 Å². The Morgan fingerprint density at radius 3 is 2.59 bits per heavy atom. The number of anilines is 1. The molecule has 1 spiro atoms. The van der Waals surface area contributed by atoms with Crippen LogP contribution in [0.4, 0.5) is 5.82 Å². The minimum atomic E-state index is -2.40. The maximum atomic E-state index is 13.4. The minimum Gasteiger partial charge on any atom is -0.380 e. The van der Waals surface area contributed by atoms with Crippen molar-refractivity contribution in [1.82, 2.24) is 19.9 Å². The quantitative estimate of drug-likeness (QED) is 0.652. The van der Waals surface area contributed by atoms with E-state index in [1.165, 1.54) is 0 Å². The lowest BCUT2D eigenvalue weighted by molar-refractivity contribution is -0.124. The van der Waals surface area contributed by atoms with Gasteiger partial charge in [0.25, 0.3) is 0 Å². The summed E-state index contributed by atoms with van der Waals surface area (Å²) in [5, 5.41) is 0.988. The van der Waals surface area contributed by atoms with Crippen molar-refractivity contribution in [3.63, 3.8) is 0 Å². The van der Waals surface area contributed by atoms with Crippen LogP contribution in [0.15, 0.2) is 35.0 Å². The van der Waals surface area contributed by atoms with Crippen LogP contribution in [-0.4, -0.2) is 63.8 Å². The van der Waals surface area contributed by atoms with Gasteiger partial charge in [-0.2, -0.15) is 0 Å². The fourth-order valence-corrected chi connectivity index (χ4v) is 6.81. The number of piperidine rings is 1. The van der Waals surface area contributed by atoms with Gasteiger partial charge in [0.05, 0.1) is 33.4 Å². The monoisotopic (exact) mass is 452 g/mol. The molecule has 3 aliphatic rings. The van der Waals surface area contributed by atoms with Crippen LogP contribution in [0.3, 0.4) is 0 Å². The van der Waals surface area contributed by atoms with E-state index in [4.69, 9.17) is 14.7 Å². The number of hydrogen-bond donors (Lipinski definition) is 1. The van der Waals surface area contributed by atoms with Crippen LogP contribution in [0.2, 0.25) is 0 Å². The van der Waals surface area contributed by atoms with Crippen molar-refractivity contribution >= 4 is 26.6 Å². The first-order chi connectivity index (χ1) is 15.5. The normalized spacial score (nSPS) is 23.0. The molecule has 1 N–H and O–H groups in total. The zero-order valence-corrected chi connectivity index (χ0v) is 19.3. The van der Waals surface area contributed by atoms with Crippen LogP contribution in [-0.2, 0) is 19.2 Å². The molecule has 1 aliphatic carbocycles. The number of nitrogens with one attached hydrogen (secondary N) is 1. The molecule has 2 aliphatic heterocycles. The third-order valence-electron chi connectivity index (χ3n) is 7.62. The Morgan fingerprint density at radius 2 is 1.94 bits per heavy atom. The molecular formula is C23H28N6O2S. The Labute approximate surface area is 188 Å². The van der Waals surface area contributed by atoms with Crippen molar-refractivity contribution in [3.05, 3.63) is 36.3 Å². The maximum Gasteiger partial charge on any atom is 0.162 e. The average molecular weight is 453 g/mol. The zero-order valence-electron chi connectivity index (χ0n) is 18.5. The smallest absolute Gasteiger partial charge is 0.162 e. The molecular weight excluding hydrogens is 424 g/mol. The van der Waals surface area contributed by atoms with E-state index in [1.54, 1.807) is 19.5 Å². The molecule has 0 amide bonds. The zero-order chi connectivity index (χ0) is 22.0. The molecule has 0 aromatic carbocycles. The van der Waals surface area contributed by atoms with Gasteiger partial charge in [-0.25, -0.2) is 23.5 Å². The van der Waals surface area contributed by atoms with Crippen molar-refractivity contribution in [3.8, 4) is 11.4 Å². The van der Waals surface area contributed by atoms with E-state index < -0.39 is 14.5 Å². The van der Waals surface area contributed by atoms with Crippen LogP contribution in [0.5, 0.6) is 0 Å². The van der Waals surface area contributed by atoms with Crippen LogP contribution in [0.25, 0.3) is 22.4 Å². The van der Waals surface area contributed by atoms with Crippen LogP contribution in [0.1, 0.15) is 31.4 Å². The van der Waals surface area contributed by atoms with E-state index in [1.807, 2.05) is 18.3 Å². The second-order valence-electron chi connectivity index (χ2n) is 9.49. The number of rotatable bonds is 4. The van der Waals surface area contributed by atoms with E-state index in [0.29, 0.717) is 11.2 Å². The lowest BCUT2D eigenvalue weighted by Gasteiger charge is -2.47. The molecule has 2 saturated heterocycles. The molecule has 1 saturated carbocycles. The van der Waals surface area contributed by atoms with E-state index in [9.17, 15) is 4.21 Å². The summed E-state index contributed by atoms with van der Waals surface area (Å²) >= 11 is 0. The van der Waals surface area contributed by atoms with E-state index in [0.717, 1.165) is 80.1 Å². The molecule has 32 heavy (non-hydrogen) atoms. The standard InChI is InChI=1S/C23H28N6O2S/c1-24-32(2,30)23(5-6-23)18-13-19(29-11-7-22(8-12-29)14-31-15-22)28-21(27-18)17-4-10-26-20-16(17)3-9-25-20/h3-4,9-10,13H,5-8,11-12,14-15H2,1-2H3,(H,25,26). The predicted molar refractivity (Wildman–Crippen MR) is 125 cm³/mol. The van der Waals surface area contributed by atoms with Gasteiger partial charge >= 0.3 is 0 Å². The molecule has 5 heterocycles.